The van der Waals surface area contributed by atoms with Gasteiger partial charge >= 0.3 is 11.9 Å². The van der Waals surface area contributed by atoms with Gasteiger partial charge in [-0.15, -0.1) is 0 Å². The molecule has 2 aliphatic heterocycles. The molecule has 2 aliphatic rings. The van der Waals surface area contributed by atoms with Crippen molar-refractivity contribution in [2.75, 3.05) is 42.2 Å². The van der Waals surface area contributed by atoms with Gasteiger partial charge in [0.2, 0.25) is 11.5 Å². The van der Waals surface area contributed by atoms with Crippen molar-refractivity contribution in [2.24, 2.45) is 0 Å². The van der Waals surface area contributed by atoms with Crippen molar-refractivity contribution < 1.29 is 52.3 Å². The number of Topliss-reactive ketones (excluding diaryl/α,β-unsaturated/α-hetero) is 1. The van der Waals surface area contributed by atoms with Crippen LogP contribution in [-0.2, 0) is 14.3 Å². The summed E-state index contributed by atoms with van der Waals surface area (Å²) in [7, 11) is 7.19. The topological polar surface area (TPSA) is 125 Å². The summed E-state index contributed by atoms with van der Waals surface area (Å²) >= 11 is 0. The van der Waals surface area contributed by atoms with E-state index in [4.69, 9.17) is 37.9 Å². The van der Waals surface area contributed by atoms with Gasteiger partial charge in [0, 0.05) is 22.6 Å². The molecule has 0 saturated carbocycles. The van der Waals surface area contributed by atoms with E-state index < -0.39 is 17.9 Å². The number of rotatable bonds is 9. The van der Waals surface area contributed by atoms with Gasteiger partial charge in [-0.05, 0) is 36.4 Å². The van der Waals surface area contributed by atoms with E-state index in [1.54, 1.807) is 48.5 Å². The fourth-order valence-corrected chi connectivity index (χ4v) is 5.06. The van der Waals surface area contributed by atoms with Crippen LogP contribution in [0.1, 0.15) is 39.4 Å². The first kappa shape index (κ1) is 28.3. The Labute approximate surface area is 241 Å². The van der Waals surface area contributed by atoms with Crippen molar-refractivity contribution in [3.8, 4) is 40.2 Å². The molecular formula is C31H28O11. The van der Waals surface area contributed by atoms with Crippen LogP contribution < -0.4 is 33.2 Å². The van der Waals surface area contributed by atoms with E-state index in [0.29, 0.717) is 45.3 Å². The zero-order valence-corrected chi connectivity index (χ0v) is 23.6. The minimum atomic E-state index is -0.651. The molecule has 0 aliphatic carbocycles. The molecule has 218 valence electrons. The predicted octanol–water partition coefficient (Wildman–Crippen LogP) is 4.33. The number of allylic oxidation sites excluding steroid dienone is 1. The van der Waals surface area contributed by atoms with Crippen molar-refractivity contribution in [3.63, 3.8) is 0 Å². The van der Waals surface area contributed by atoms with Gasteiger partial charge in [-0.25, -0.2) is 4.79 Å². The molecule has 1 atom stereocenters. The van der Waals surface area contributed by atoms with Crippen LogP contribution in [0, 0.1) is 0 Å². The number of methoxy groups -OCH3 is 5. The standard InChI is InChI=1S/C31H28O11/c1-35-21-8-6-7-17(29(21)40-15-25(33)37-3)19-14-24(32)41-20-12-10-18-27(34)23(42-30(18)26(19)20)13-16-9-11-22(36-2)31(39-5)28(16)38-4/h6-13,19H,14-15H2,1-5H3/b23-13+. The minimum Gasteiger partial charge on any atom is -0.493 e. The van der Waals surface area contributed by atoms with Crippen molar-refractivity contribution in [2.45, 2.75) is 12.3 Å². The smallest absolute Gasteiger partial charge is 0.343 e. The van der Waals surface area contributed by atoms with Crippen molar-refractivity contribution in [1.29, 1.82) is 0 Å². The molecule has 42 heavy (non-hydrogen) atoms. The van der Waals surface area contributed by atoms with E-state index in [9.17, 15) is 14.4 Å². The lowest BCUT2D eigenvalue weighted by Gasteiger charge is -2.28. The second-order valence-electron chi connectivity index (χ2n) is 9.19. The lowest BCUT2D eigenvalue weighted by Crippen LogP contribution is -2.22. The average molecular weight is 577 g/mol. The Morgan fingerprint density at radius 1 is 0.857 bits per heavy atom. The maximum Gasteiger partial charge on any atom is 0.343 e. The number of carbonyl (C=O) groups is 3. The van der Waals surface area contributed by atoms with Crippen molar-refractivity contribution in [1.82, 2.24) is 0 Å². The van der Waals surface area contributed by atoms with Gasteiger partial charge in [0.15, 0.2) is 35.4 Å². The Hall–Kier alpha value is -5.19. The Balaban J connectivity index is 1.61. The third-order valence-corrected chi connectivity index (χ3v) is 6.97. The van der Waals surface area contributed by atoms with Gasteiger partial charge in [0.1, 0.15) is 11.5 Å². The molecule has 0 bridgehead atoms. The molecule has 2 heterocycles. The highest BCUT2D eigenvalue weighted by Gasteiger charge is 2.40. The van der Waals surface area contributed by atoms with Crippen LogP contribution in [-0.4, -0.2) is 59.9 Å². The quantitative estimate of drug-likeness (QED) is 0.205. The summed E-state index contributed by atoms with van der Waals surface area (Å²) in [6, 6.07) is 11.7. The molecule has 0 aromatic heterocycles. The van der Waals surface area contributed by atoms with Gasteiger partial charge in [-0.2, -0.15) is 0 Å². The first-order chi connectivity index (χ1) is 20.3. The van der Waals surface area contributed by atoms with Gasteiger partial charge in [-0.3, -0.25) is 9.59 Å². The molecule has 11 nitrogen and oxygen atoms in total. The maximum atomic E-state index is 13.6. The molecule has 0 radical (unpaired) electrons. The Morgan fingerprint density at radius 2 is 1.60 bits per heavy atom. The Kier molecular flexibility index (Phi) is 7.92. The molecule has 0 amide bonds. The minimum absolute atomic E-state index is 0.0346. The second-order valence-corrected chi connectivity index (χ2v) is 9.19. The summed E-state index contributed by atoms with van der Waals surface area (Å²) in [6.45, 7) is -0.379. The van der Waals surface area contributed by atoms with Crippen LogP contribution in [0.25, 0.3) is 6.08 Å². The number of fused-ring (bicyclic) bond motifs is 3. The van der Waals surface area contributed by atoms with Gasteiger partial charge in [0.25, 0.3) is 0 Å². The molecular weight excluding hydrogens is 548 g/mol. The predicted molar refractivity (Wildman–Crippen MR) is 148 cm³/mol. The van der Waals surface area contributed by atoms with E-state index >= 15 is 0 Å². The van der Waals surface area contributed by atoms with Gasteiger partial charge < -0.3 is 37.9 Å². The summed E-state index contributed by atoms with van der Waals surface area (Å²) < 4.78 is 44.2. The summed E-state index contributed by atoms with van der Waals surface area (Å²) in [5.41, 5.74) is 1.84. The first-order valence-corrected chi connectivity index (χ1v) is 12.8. The molecule has 0 N–H and O–H groups in total. The lowest BCUT2D eigenvalue weighted by atomic mass is 9.84. The molecule has 5 rings (SSSR count). The summed E-state index contributed by atoms with van der Waals surface area (Å²) in [6.07, 6.45) is 1.47. The van der Waals surface area contributed by atoms with E-state index in [0.717, 1.165) is 0 Å². The van der Waals surface area contributed by atoms with Gasteiger partial charge in [0.05, 0.1) is 47.5 Å². The molecule has 3 aromatic carbocycles. The molecule has 0 spiro atoms. The first-order valence-electron chi connectivity index (χ1n) is 12.8. The number of esters is 2. The third kappa shape index (κ3) is 4.93. The molecule has 11 heteroatoms. The van der Waals surface area contributed by atoms with E-state index in [-0.39, 0.29) is 41.8 Å². The third-order valence-electron chi connectivity index (χ3n) is 6.97. The molecule has 3 aromatic rings. The fourth-order valence-electron chi connectivity index (χ4n) is 5.06. The van der Waals surface area contributed by atoms with Crippen molar-refractivity contribution >= 4 is 23.8 Å². The summed E-state index contributed by atoms with van der Waals surface area (Å²) in [5.74, 6) is 0.217. The van der Waals surface area contributed by atoms with Crippen LogP contribution in [0.3, 0.4) is 0 Å². The zero-order chi connectivity index (χ0) is 30.0. The number of carbonyl (C=O) groups excluding carboxylic acids is 3. The van der Waals surface area contributed by atoms with Crippen LogP contribution in [0.15, 0.2) is 48.2 Å². The van der Waals surface area contributed by atoms with Crippen LogP contribution in [0.5, 0.6) is 40.2 Å². The Morgan fingerprint density at radius 3 is 2.29 bits per heavy atom. The highest BCUT2D eigenvalue weighted by molar-refractivity contribution is 6.15. The number of hydrogen-bond acceptors (Lipinski definition) is 11. The normalized spacial score (nSPS) is 16.1. The zero-order valence-electron chi connectivity index (χ0n) is 23.6. The van der Waals surface area contributed by atoms with E-state index in [1.807, 2.05) is 0 Å². The number of ether oxygens (including phenoxy) is 8. The molecule has 1 unspecified atom stereocenters. The van der Waals surface area contributed by atoms with E-state index in [1.165, 1.54) is 35.5 Å². The summed E-state index contributed by atoms with van der Waals surface area (Å²) in [4.78, 5) is 38.1. The van der Waals surface area contributed by atoms with Gasteiger partial charge in [-0.1, -0.05) is 12.1 Å². The SMILES string of the molecule is COC(=O)COc1c(OC)cccc1C1CC(=O)Oc2ccc3c(c21)O/C(=C/c1ccc(OC)c(OC)c1OC)C3=O. The maximum absolute atomic E-state index is 13.6. The molecule has 0 fully saturated rings. The largest absolute Gasteiger partial charge is 0.493 e. The number of ketones is 1. The van der Waals surface area contributed by atoms with Crippen LogP contribution in [0.2, 0.25) is 0 Å². The number of para-hydroxylation sites is 1. The highest BCUT2D eigenvalue weighted by atomic mass is 16.6. The molecule has 0 saturated heterocycles. The monoisotopic (exact) mass is 576 g/mol. The summed E-state index contributed by atoms with van der Waals surface area (Å²) in [5, 5.41) is 0. The highest BCUT2D eigenvalue weighted by Crippen LogP contribution is 2.52. The van der Waals surface area contributed by atoms with Crippen LogP contribution in [0.4, 0.5) is 0 Å². The van der Waals surface area contributed by atoms with Crippen LogP contribution >= 0.6 is 0 Å². The van der Waals surface area contributed by atoms with E-state index in [2.05, 4.69) is 0 Å². The fraction of sp³-hybridized carbons (Fsp3) is 0.258. The number of hydrogen-bond donors (Lipinski definition) is 0. The number of benzene rings is 3. The Bertz CT molecular complexity index is 1600. The second kappa shape index (κ2) is 11.7. The average Bonchev–Trinajstić information content (AvgIpc) is 3.33. The van der Waals surface area contributed by atoms with Crippen molar-refractivity contribution in [3.05, 3.63) is 70.5 Å². The lowest BCUT2D eigenvalue weighted by molar-refractivity contribution is -0.143.